The lowest BCUT2D eigenvalue weighted by atomic mass is 9.83. The first kappa shape index (κ1) is 8.05. The lowest BCUT2D eigenvalue weighted by Crippen LogP contribution is -2.11. The quantitative estimate of drug-likeness (QED) is 0.740. The summed E-state index contributed by atoms with van der Waals surface area (Å²) in [5.74, 6) is 1.33. The summed E-state index contributed by atoms with van der Waals surface area (Å²) in [5, 5.41) is 0. The molecule has 2 rings (SSSR count). The third-order valence-corrected chi connectivity index (χ3v) is 2.90. The van der Waals surface area contributed by atoms with Gasteiger partial charge in [0.1, 0.15) is 10.2 Å². The van der Waals surface area contributed by atoms with Crippen molar-refractivity contribution in [2.24, 2.45) is 0 Å². The van der Waals surface area contributed by atoms with Crippen LogP contribution >= 0.6 is 15.9 Å². The molecule has 0 radical (unpaired) electrons. The molecule has 1 fully saturated rings. The predicted octanol–water partition coefficient (Wildman–Crippen LogP) is 2.67. The Bertz CT molecular complexity index is 339. The highest BCUT2D eigenvalue weighted by atomic mass is 79.9. The van der Waals surface area contributed by atoms with Crippen LogP contribution in [0.1, 0.15) is 30.9 Å². The second-order valence-electron chi connectivity index (χ2n) is 3.10. The van der Waals surface area contributed by atoms with E-state index in [0.29, 0.717) is 10.4 Å². The van der Waals surface area contributed by atoms with E-state index in [0.717, 1.165) is 18.6 Å². The molecule has 1 aromatic heterocycles. The molecule has 1 aromatic rings. The lowest BCUT2D eigenvalue weighted by Gasteiger charge is -2.23. The van der Waals surface area contributed by atoms with Crippen LogP contribution in [0, 0.1) is 0 Å². The van der Waals surface area contributed by atoms with Gasteiger partial charge < -0.3 is 4.42 Å². The normalized spacial score (nSPS) is 17.4. The second kappa shape index (κ2) is 3.05. The number of rotatable bonds is 1. The van der Waals surface area contributed by atoms with E-state index in [-0.39, 0.29) is 5.63 Å². The fourth-order valence-corrected chi connectivity index (χ4v) is 1.54. The van der Waals surface area contributed by atoms with E-state index >= 15 is 0 Å². The summed E-state index contributed by atoms with van der Waals surface area (Å²) in [6.07, 6.45) is 3.57. The second-order valence-corrected chi connectivity index (χ2v) is 3.96. The molecule has 64 valence electrons. The maximum atomic E-state index is 11.1. The van der Waals surface area contributed by atoms with Crippen LogP contribution in [0.15, 0.2) is 25.8 Å². The fraction of sp³-hybridized carbons (Fsp3) is 0.444. The summed E-state index contributed by atoms with van der Waals surface area (Å²) in [4.78, 5) is 11.1. The van der Waals surface area contributed by atoms with E-state index in [2.05, 4.69) is 15.9 Å². The van der Waals surface area contributed by atoms with Crippen LogP contribution in [0.5, 0.6) is 0 Å². The molecule has 0 amide bonds. The van der Waals surface area contributed by atoms with Gasteiger partial charge in [0.05, 0.1) is 0 Å². The Morgan fingerprint density at radius 3 is 2.67 bits per heavy atom. The topological polar surface area (TPSA) is 30.2 Å². The van der Waals surface area contributed by atoms with Gasteiger partial charge in [0.15, 0.2) is 0 Å². The van der Waals surface area contributed by atoms with Crippen LogP contribution in [-0.4, -0.2) is 0 Å². The Morgan fingerprint density at radius 2 is 2.17 bits per heavy atom. The van der Waals surface area contributed by atoms with Crippen LogP contribution in [0.2, 0.25) is 0 Å². The Balaban J connectivity index is 2.33. The van der Waals surface area contributed by atoms with Gasteiger partial charge in [-0.15, -0.1) is 0 Å². The molecule has 2 nitrogen and oxygen atoms in total. The zero-order valence-corrected chi connectivity index (χ0v) is 8.13. The standard InChI is InChI=1S/C9H9BrO2/c10-7-4-5-8(12-9(7)11)6-2-1-3-6/h4-6H,1-3H2. The van der Waals surface area contributed by atoms with E-state index in [1.165, 1.54) is 6.42 Å². The fourth-order valence-electron chi connectivity index (χ4n) is 1.33. The van der Waals surface area contributed by atoms with Crippen molar-refractivity contribution in [1.82, 2.24) is 0 Å². The Hall–Kier alpha value is -0.570. The van der Waals surface area contributed by atoms with E-state index in [4.69, 9.17) is 4.42 Å². The van der Waals surface area contributed by atoms with Crippen molar-refractivity contribution in [3.05, 3.63) is 32.8 Å². The van der Waals surface area contributed by atoms with Crippen LogP contribution in [0.25, 0.3) is 0 Å². The van der Waals surface area contributed by atoms with Gasteiger partial charge >= 0.3 is 5.63 Å². The summed E-state index contributed by atoms with van der Waals surface area (Å²) in [7, 11) is 0. The maximum Gasteiger partial charge on any atom is 0.350 e. The number of halogens is 1. The molecule has 0 aromatic carbocycles. The number of hydrogen-bond donors (Lipinski definition) is 0. The Morgan fingerprint density at radius 1 is 1.42 bits per heavy atom. The molecule has 1 aliphatic carbocycles. The molecule has 3 heteroatoms. The smallest absolute Gasteiger partial charge is 0.350 e. The zero-order chi connectivity index (χ0) is 8.55. The summed E-state index contributed by atoms with van der Waals surface area (Å²) in [5.41, 5.74) is -0.264. The van der Waals surface area contributed by atoms with Crippen LogP contribution in [0.3, 0.4) is 0 Å². The molecule has 0 atom stereocenters. The van der Waals surface area contributed by atoms with Crippen LogP contribution in [0.4, 0.5) is 0 Å². The van der Waals surface area contributed by atoms with Gasteiger partial charge in [0.2, 0.25) is 0 Å². The van der Waals surface area contributed by atoms with Gasteiger partial charge in [-0.3, -0.25) is 0 Å². The van der Waals surface area contributed by atoms with Crippen molar-refractivity contribution in [3.8, 4) is 0 Å². The first-order chi connectivity index (χ1) is 5.77. The van der Waals surface area contributed by atoms with E-state index in [1.807, 2.05) is 6.07 Å². The van der Waals surface area contributed by atoms with E-state index < -0.39 is 0 Å². The first-order valence-electron chi connectivity index (χ1n) is 4.07. The van der Waals surface area contributed by atoms with Crippen LogP contribution < -0.4 is 5.63 Å². The van der Waals surface area contributed by atoms with Crippen molar-refractivity contribution in [2.75, 3.05) is 0 Å². The molecule has 0 spiro atoms. The minimum atomic E-state index is -0.264. The van der Waals surface area contributed by atoms with Gasteiger partial charge in [-0.25, -0.2) is 4.79 Å². The summed E-state index contributed by atoms with van der Waals surface area (Å²) in [6.45, 7) is 0. The molecule has 0 saturated heterocycles. The predicted molar refractivity (Wildman–Crippen MR) is 49.3 cm³/mol. The molecule has 1 aliphatic rings. The van der Waals surface area contributed by atoms with Crippen molar-refractivity contribution in [2.45, 2.75) is 25.2 Å². The van der Waals surface area contributed by atoms with Gasteiger partial charge in [0.25, 0.3) is 0 Å². The molecule has 0 unspecified atom stereocenters. The largest absolute Gasteiger partial charge is 0.427 e. The molecule has 0 bridgehead atoms. The zero-order valence-electron chi connectivity index (χ0n) is 6.55. The SMILES string of the molecule is O=c1oc(C2CCC2)ccc1Br. The molecule has 1 heterocycles. The molecule has 1 saturated carbocycles. The highest BCUT2D eigenvalue weighted by molar-refractivity contribution is 9.10. The first-order valence-corrected chi connectivity index (χ1v) is 4.86. The highest BCUT2D eigenvalue weighted by Gasteiger charge is 2.21. The van der Waals surface area contributed by atoms with Gasteiger partial charge in [-0.05, 0) is 40.9 Å². The third-order valence-electron chi connectivity index (χ3n) is 2.31. The highest BCUT2D eigenvalue weighted by Crippen LogP contribution is 2.35. The van der Waals surface area contributed by atoms with Crippen molar-refractivity contribution >= 4 is 15.9 Å². The molecule has 12 heavy (non-hydrogen) atoms. The lowest BCUT2D eigenvalue weighted by molar-refractivity contribution is 0.328. The minimum absolute atomic E-state index is 0.264. The summed E-state index contributed by atoms with van der Waals surface area (Å²) in [6, 6.07) is 3.65. The average molecular weight is 229 g/mol. The molecular weight excluding hydrogens is 220 g/mol. The molecule has 0 N–H and O–H groups in total. The average Bonchev–Trinajstić information content (AvgIpc) is 1.93. The van der Waals surface area contributed by atoms with Crippen molar-refractivity contribution in [1.29, 1.82) is 0 Å². The maximum absolute atomic E-state index is 11.1. The Labute approximate surface area is 78.7 Å². The summed E-state index contributed by atoms with van der Waals surface area (Å²) >= 11 is 3.11. The molecule has 0 aliphatic heterocycles. The monoisotopic (exact) mass is 228 g/mol. The summed E-state index contributed by atoms with van der Waals surface area (Å²) < 4.78 is 5.61. The third kappa shape index (κ3) is 1.33. The van der Waals surface area contributed by atoms with Gasteiger partial charge in [-0.2, -0.15) is 0 Å². The molecular formula is C9H9BrO2. The Kier molecular flexibility index (Phi) is 2.05. The van der Waals surface area contributed by atoms with Gasteiger partial charge in [-0.1, -0.05) is 6.42 Å². The minimum Gasteiger partial charge on any atom is -0.427 e. The van der Waals surface area contributed by atoms with Crippen molar-refractivity contribution < 1.29 is 4.42 Å². The van der Waals surface area contributed by atoms with E-state index in [1.54, 1.807) is 6.07 Å². The van der Waals surface area contributed by atoms with E-state index in [9.17, 15) is 4.79 Å². The number of hydrogen-bond acceptors (Lipinski definition) is 2. The van der Waals surface area contributed by atoms with Crippen LogP contribution in [-0.2, 0) is 0 Å². The van der Waals surface area contributed by atoms with Gasteiger partial charge in [0, 0.05) is 5.92 Å². The van der Waals surface area contributed by atoms with Crippen molar-refractivity contribution in [3.63, 3.8) is 0 Å².